The molecule has 2 saturated heterocycles. The Kier molecular flexibility index (Phi) is 6.49. The fourth-order valence-corrected chi connectivity index (χ4v) is 4.15. The number of nitrogens with one attached hydrogen (secondary N) is 2. The highest BCUT2D eigenvalue weighted by Crippen LogP contribution is 2.14. The zero-order valence-corrected chi connectivity index (χ0v) is 13.1. The lowest BCUT2D eigenvalue weighted by atomic mass is 10.1. The summed E-state index contributed by atoms with van der Waals surface area (Å²) in [4.78, 5) is 0. The summed E-state index contributed by atoms with van der Waals surface area (Å²) in [6, 6.07) is 0.0113. The van der Waals surface area contributed by atoms with E-state index in [1.54, 1.807) is 0 Å². The number of piperidine rings is 1. The zero-order valence-electron chi connectivity index (χ0n) is 11.5. The van der Waals surface area contributed by atoms with E-state index < -0.39 is 10.2 Å². The highest BCUT2D eigenvalue weighted by Gasteiger charge is 2.32. The van der Waals surface area contributed by atoms with Crippen molar-refractivity contribution < 1.29 is 13.2 Å². The highest BCUT2D eigenvalue weighted by molar-refractivity contribution is 7.87. The van der Waals surface area contributed by atoms with E-state index in [0.29, 0.717) is 19.6 Å². The summed E-state index contributed by atoms with van der Waals surface area (Å²) in [5.74, 6) is 0. The summed E-state index contributed by atoms with van der Waals surface area (Å²) >= 11 is 0. The third-order valence-corrected chi connectivity index (χ3v) is 4.95. The Morgan fingerprint density at radius 3 is 2.42 bits per heavy atom. The molecule has 114 valence electrons. The van der Waals surface area contributed by atoms with Crippen LogP contribution in [0.2, 0.25) is 0 Å². The summed E-state index contributed by atoms with van der Waals surface area (Å²) in [5, 5.41) is 3.21. The summed E-state index contributed by atoms with van der Waals surface area (Å²) < 4.78 is 34.4. The maximum absolute atomic E-state index is 12.3. The van der Waals surface area contributed by atoms with Crippen molar-refractivity contribution in [3.63, 3.8) is 0 Å². The summed E-state index contributed by atoms with van der Waals surface area (Å²) in [7, 11) is -3.39. The minimum Gasteiger partial charge on any atom is -0.373 e. The first-order valence-corrected chi connectivity index (χ1v) is 8.05. The summed E-state index contributed by atoms with van der Waals surface area (Å²) in [5.41, 5.74) is 0. The van der Waals surface area contributed by atoms with Crippen molar-refractivity contribution in [2.75, 3.05) is 26.2 Å². The molecule has 2 heterocycles. The van der Waals surface area contributed by atoms with Gasteiger partial charge < -0.3 is 10.1 Å². The Hall–Kier alpha value is 0.0800. The van der Waals surface area contributed by atoms with Crippen LogP contribution < -0.4 is 10.0 Å². The maximum atomic E-state index is 12.3. The van der Waals surface area contributed by atoms with Gasteiger partial charge in [0.05, 0.1) is 12.2 Å². The van der Waals surface area contributed by atoms with E-state index in [0.717, 1.165) is 19.4 Å². The van der Waals surface area contributed by atoms with Gasteiger partial charge in [0.15, 0.2) is 0 Å². The smallest absolute Gasteiger partial charge is 0.279 e. The zero-order chi connectivity index (χ0) is 13.2. The number of nitrogens with zero attached hydrogens (tertiary/aromatic N) is 1. The normalized spacial score (nSPS) is 33.7. The maximum Gasteiger partial charge on any atom is 0.279 e. The summed E-state index contributed by atoms with van der Waals surface area (Å²) in [6.07, 6.45) is 1.83. The Labute approximate surface area is 121 Å². The van der Waals surface area contributed by atoms with Gasteiger partial charge >= 0.3 is 0 Å². The Morgan fingerprint density at radius 1 is 1.26 bits per heavy atom. The van der Waals surface area contributed by atoms with E-state index in [-0.39, 0.29) is 30.7 Å². The average Bonchev–Trinajstić information content (AvgIpc) is 2.28. The third kappa shape index (κ3) is 4.84. The molecule has 0 spiro atoms. The molecule has 2 aliphatic rings. The van der Waals surface area contributed by atoms with Crippen molar-refractivity contribution >= 4 is 22.6 Å². The SMILES string of the molecule is CC1CN(S(=O)(=O)N[C@@H]2CCCNC2)CC(C)O1.Cl. The van der Waals surface area contributed by atoms with Gasteiger partial charge in [0, 0.05) is 25.7 Å². The minimum absolute atomic E-state index is 0. The van der Waals surface area contributed by atoms with Crippen molar-refractivity contribution in [2.24, 2.45) is 0 Å². The van der Waals surface area contributed by atoms with Gasteiger partial charge in [0.25, 0.3) is 10.2 Å². The van der Waals surface area contributed by atoms with Crippen LogP contribution in [0.1, 0.15) is 26.7 Å². The Morgan fingerprint density at radius 2 is 1.89 bits per heavy atom. The van der Waals surface area contributed by atoms with Crippen LogP contribution in [0.25, 0.3) is 0 Å². The van der Waals surface area contributed by atoms with Crippen LogP contribution in [0.15, 0.2) is 0 Å². The van der Waals surface area contributed by atoms with Crippen LogP contribution in [0, 0.1) is 0 Å². The molecule has 0 aliphatic carbocycles. The first kappa shape index (κ1) is 17.1. The van der Waals surface area contributed by atoms with E-state index in [1.807, 2.05) is 13.8 Å². The second kappa shape index (κ2) is 7.19. The van der Waals surface area contributed by atoms with Crippen molar-refractivity contribution in [1.82, 2.24) is 14.3 Å². The van der Waals surface area contributed by atoms with Gasteiger partial charge in [0.2, 0.25) is 0 Å². The molecule has 0 bridgehead atoms. The standard InChI is InChI=1S/C11H23N3O3S.ClH/c1-9-7-14(8-10(2)17-9)18(15,16)13-11-4-3-5-12-6-11;/h9-13H,3-8H2,1-2H3;1H/t9?,10?,11-;/m1./s1. The van der Waals surface area contributed by atoms with Crippen LogP contribution in [0.5, 0.6) is 0 Å². The Balaban J connectivity index is 0.00000180. The third-order valence-electron chi connectivity index (χ3n) is 3.34. The van der Waals surface area contributed by atoms with E-state index in [4.69, 9.17) is 4.74 Å². The van der Waals surface area contributed by atoms with Crippen LogP contribution >= 0.6 is 12.4 Å². The first-order valence-electron chi connectivity index (χ1n) is 6.61. The number of halogens is 1. The fraction of sp³-hybridized carbons (Fsp3) is 1.00. The minimum atomic E-state index is -3.39. The van der Waals surface area contributed by atoms with Crippen molar-refractivity contribution in [2.45, 2.75) is 44.9 Å². The number of ether oxygens (including phenoxy) is 1. The molecule has 0 aromatic heterocycles. The number of morpholine rings is 1. The molecule has 2 aliphatic heterocycles. The van der Waals surface area contributed by atoms with Crippen LogP contribution in [-0.2, 0) is 14.9 Å². The second-order valence-corrected chi connectivity index (χ2v) is 6.94. The Bertz CT molecular complexity index is 363. The van der Waals surface area contributed by atoms with Crippen molar-refractivity contribution in [1.29, 1.82) is 0 Å². The predicted molar refractivity (Wildman–Crippen MR) is 76.8 cm³/mol. The topological polar surface area (TPSA) is 70.7 Å². The molecule has 2 fully saturated rings. The molecule has 6 nitrogen and oxygen atoms in total. The van der Waals surface area contributed by atoms with E-state index >= 15 is 0 Å². The fourth-order valence-electron chi connectivity index (χ4n) is 2.56. The van der Waals surface area contributed by atoms with Crippen molar-refractivity contribution in [3.05, 3.63) is 0 Å². The highest BCUT2D eigenvalue weighted by atomic mass is 35.5. The number of hydrogen-bond donors (Lipinski definition) is 2. The average molecular weight is 314 g/mol. The van der Waals surface area contributed by atoms with Gasteiger partial charge in [-0.15, -0.1) is 12.4 Å². The van der Waals surface area contributed by atoms with Gasteiger partial charge in [-0.05, 0) is 33.2 Å². The molecule has 8 heteroatoms. The van der Waals surface area contributed by atoms with Gasteiger partial charge in [-0.3, -0.25) is 0 Å². The number of hydrogen-bond acceptors (Lipinski definition) is 4. The van der Waals surface area contributed by atoms with E-state index in [1.165, 1.54) is 4.31 Å². The molecule has 3 atom stereocenters. The lowest BCUT2D eigenvalue weighted by Gasteiger charge is -2.35. The molecule has 2 rings (SSSR count). The molecule has 0 aromatic rings. The van der Waals surface area contributed by atoms with E-state index in [9.17, 15) is 8.42 Å². The molecule has 2 N–H and O–H groups in total. The van der Waals surface area contributed by atoms with Gasteiger partial charge in [-0.1, -0.05) is 0 Å². The van der Waals surface area contributed by atoms with Crippen molar-refractivity contribution in [3.8, 4) is 0 Å². The van der Waals surface area contributed by atoms with Crippen LogP contribution in [0.4, 0.5) is 0 Å². The monoisotopic (exact) mass is 313 g/mol. The van der Waals surface area contributed by atoms with Crippen LogP contribution in [-0.4, -0.2) is 57.2 Å². The van der Waals surface area contributed by atoms with Gasteiger partial charge in [-0.2, -0.15) is 17.4 Å². The summed E-state index contributed by atoms with van der Waals surface area (Å²) in [6.45, 7) is 6.36. The molecular weight excluding hydrogens is 290 g/mol. The first-order chi connectivity index (χ1) is 8.47. The molecule has 2 unspecified atom stereocenters. The van der Waals surface area contributed by atoms with Crippen LogP contribution in [0.3, 0.4) is 0 Å². The molecule has 0 saturated carbocycles. The lowest BCUT2D eigenvalue weighted by molar-refractivity contribution is -0.0444. The molecule has 0 amide bonds. The quantitative estimate of drug-likeness (QED) is 0.775. The molecule has 0 aromatic carbocycles. The lowest BCUT2D eigenvalue weighted by Crippen LogP contribution is -2.55. The van der Waals surface area contributed by atoms with Gasteiger partial charge in [-0.25, -0.2) is 0 Å². The molecular formula is C11H24ClN3O3S. The molecule has 19 heavy (non-hydrogen) atoms. The number of rotatable bonds is 3. The second-order valence-electron chi connectivity index (χ2n) is 5.24. The van der Waals surface area contributed by atoms with E-state index in [2.05, 4.69) is 10.0 Å². The predicted octanol–water partition coefficient (Wildman–Crippen LogP) is 0.104. The molecule has 0 radical (unpaired) electrons. The van der Waals surface area contributed by atoms with Gasteiger partial charge in [0.1, 0.15) is 0 Å². The largest absolute Gasteiger partial charge is 0.373 e.